The molecule has 1 aromatic rings. The smallest absolute Gasteiger partial charge is 0.195 e. The first kappa shape index (κ1) is 9.85. The SMILES string of the molecule is S=C1NNC(c2ccc(Br)cc2)NN1. The van der Waals surface area contributed by atoms with Crippen LogP contribution in [0.15, 0.2) is 28.7 Å². The summed E-state index contributed by atoms with van der Waals surface area (Å²) in [5.74, 6) is 0. The van der Waals surface area contributed by atoms with Gasteiger partial charge in [0.05, 0.1) is 0 Å². The number of hydrazine groups is 2. The lowest BCUT2D eigenvalue weighted by Gasteiger charge is -2.28. The minimum absolute atomic E-state index is 0.00907. The van der Waals surface area contributed by atoms with Gasteiger partial charge in [-0.1, -0.05) is 28.1 Å². The quantitative estimate of drug-likeness (QED) is 0.574. The number of hydrogen-bond acceptors (Lipinski definition) is 3. The molecule has 0 aliphatic carbocycles. The van der Waals surface area contributed by atoms with E-state index in [1.807, 2.05) is 24.3 Å². The van der Waals surface area contributed by atoms with Crippen molar-refractivity contribution in [3.05, 3.63) is 34.3 Å². The molecular formula is C8H9BrN4S. The number of nitrogens with one attached hydrogen (secondary N) is 4. The second kappa shape index (κ2) is 4.22. The highest BCUT2D eigenvalue weighted by molar-refractivity contribution is 9.10. The Morgan fingerprint density at radius 2 is 1.64 bits per heavy atom. The first-order valence-corrected chi connectivity index (χ1v) is 5.28. The molecule has 1 aromatic carbocycles. The number of hydrogen-bond donors (Lipinski definition) is 4. The maximum atomic E-state index is 4.87. The van der Waals surface area contributed by atoms with E-state index in [0.717, 1.165) is 10.0 Å². The molecule has 74 valence electrons. The van der Waals surface area contributed by atoms with Gasteiger partial charge in [0.15, 0.2) is 5.11 Å². The highest BCUT2D eigenvalue weighted by atomic mass is 79.9. The van der Waals surface area contributed by atoms with Crippen LogP contribution in [0.25, 0.3) is 0 Å². The second-order valence-electron chi connectivity index (χ2n) is 2.85. The van der Waals surface area contributed by atoms with Crippen LogP contribution >= 0.6 is 28.1 Å². The molecule has 0 unspecified atom stereocenters. The summed E-state index contributed by atoms with van der Waals surface area (Å²) in [5, 5.41) is 0.540. The third kappa shape index (κ3) is 2.21. The fraction of sp³-hybridized carbons (Fsp3) is 0.125. The van der Waals surface area contributed by atoms with Crippen LogP contribution in [0.4, 0.5) is 0 Å². The van der Waals surface area contributed by atoms with E-state index in [2.05, 4.69) is 37.6 Å². The minimum Gasteiger partial charge on any atom is -0.295 e. The Labute approximate surface area is 95.5 Å². The summed E-state index contributed by atoms with van der Waals surface area (Å²) in [4.78, 5) is 0. The Balaban J connectivity index is 2.08. The molecule has 2 rings (SSSR count). The van der Waals surface area contributed by atoms with E-state index in [1.165, 1.54) is 0 Å². The number of halogens is 1. The molecule has 0 saturated carbocycles. The molecule has 14 heavy (non-hydrogen) atoms. The van der Waals surface area contributed by atoms with Gasteiger partial charge in [-0.3, -0.25) is 10.9 Å². The first-order valence-electron chi connectivity index (χ1n) is 4.08. The third-order valence-corrected chi connectivity index (χ3v) is 2.60. The molecule has 6 heteroatoms. The lowest BCUT2D eigenvalue weighted by Crippen LogP contribution is -2.61. The van der Waals surface area contributed by atoms with Gasteiger partial charge >= 0.3 is 0 Å². The van der Waals surface area contributed by atoms with Crippen LogP contribution in [0.3, 0.4) is 0 Å². The van der Waals surface area contributed by atoms with Crippen molar-refractivity contribution < 1.29 is 0 Å². The Morgan fingerprint density at radius 3 is 2.21 bits per heavy atom. The van der Waals surface area contributed by atoms with Crippen LogP contribution in [0.5, 0.6) is 0 Å². The van der Waals surface area contributed by atoms with E-state index in [-0.39, 0.29) is 6.17 Å². The van der Waals surface area contributed by atoms with Gasteiger partial charge in [0.2, 0.25) is 0 Å². The van der Waals surface area contributed by atoms with Crippen LogP contribution in [0.2, 0.25) is 0 Å². The summed E-state index contributed by atoms with van der Waals surface area (Å²) in [6, 6.07) is 8.02. The standard InChI is InChI=1S/C8H9BrN4S/c9-6-3-1-5(2-4-6)7-10-12-8(14)13-11-7/h1-4,7,10-11H,(H2,12,13,14). The van der Waals surface area contributed by atoms with E-state index in [0.29, 0.717) is 5.11 Å². The highest BCUT2D eigenvalue weighted by Gasteiger charge is 2.14. The van der Waals surface area contributed by atoms with E-state index in [1.54, 1.807) is 0 Å². The van der Waals surface area contributed by atoms with Crippen molar-refractivity contribution in [3.8, 4) is 0 Å². The van der Waals surface area contributed by atoms with Gasteiger partial charge in [0.1, 0.15) is 6.17 Å². The van der Waals surface area contributed by atoms with Crippen molar-refractivity contribution >= 4 is 33.3 Å². The van der Waals surface area contributed by atoms with Gasteiger partial charge in [-0.15, -0.1) is 0 Å². The Kier molecular flexibility index (Phi) is 2.97. The van der Waals surface area contributed by atoms with Gasteiger partial charge in [-0.25, -0.2) is 10.9 Å². The topological polar surface area (TPSA) is 48.1 Å². The zero-order valence-electron chi connectivity index (χ0n) is 7.17. The molecule has 4 nitrogen and oxygen atoms in total. The average molecular weight is 273 g/mol. The molecule has 0 amide bonds. The number of benzene rings is 1. The van der Waals surface area contributed by atoms with Gasteiger partial charge in [0, 0.05) is 4.47 Å². The molecule has 1 saturated heterocycles. The molecule has 0 spiro atoms. The Bertz CT molecular complexity index is 330. The summed E-state index contributed by atoms with van der Waals surface area (Å²) < 4.78 is 1.06. The molecule has 0 radical (unpaired) electrons. The van der Waals surface area contributed by atoms with E-state index >= 15 is 0 Å². The maximum absolute atomic E-state index is 4.87. The molecule has 0 atom stereocenters. The Hall–Kier alpha value is -0.690. The van der Waals surface area contributed by atoms with Gasteiger partial charge in [-0.2, -0.15) is 0 Å². The summed E-state index contributed by atoms with van der Waals surface area (Å²) >= 11 is 8.26. The second-order valence-corrected chi connectivity index (χ2v) is 4.18. The normalized spacial score (nSPS) is 17.4. The van der Waals surface area contributed by atoms with E-state index in [9.17, 15) is 0 Å². The maximum Gasteiger partial charge on any atom is 0.195 e. The minimum atomic E-state index is 0.00907. The van der Waals surface area contributed by atoms with Crippen molar-refractivity contribution in [2.24, 2.45) is 0 Å². The van der Waals surface area contributed by atoms with Crippen molar-refractivity contribution in [2.75, 3.05) is 0 Å². The molecule has 4 N–H and O–H groups in total. The monoisotopic (exact) mass is 272 g/mol. The predicted molar refractivity (Wildman–Crippen MR) is 62.0 cm³/mol. The van der Waals surface area contributed by atoms with Gasteiger partial charge < -0.3 is 0 Å². The molecule has 0 bridgehead atoms. The molecular weight excluding hydrogens is 264 g/mol. The third-order valence-electron chi connectivity index (χ3n) is 1.86. The lowest BCUT2D eigenvalue weighted by atomic mass is 10.2. The van der Waals surface area contributed by atoms with Gasteiger partial charge in [-0.05, 0) is 29.9 Å². The zero-order chi connectivity index (χ0) is 9.97. The molecule has 1 aliphatic heterocycles. The average Bonchev–Trinajstić information content (AvgIpc) is 2.21. The van der Waals surface area contributed by atoms with E-state index in [4.69, 9.17) is 12.2 Å². The lowest BCUT2D eigenvalue weighted by molar-refractivity contribution is 0.362. The van der Waals surface area contributed by atoms with Crippen LogP contribution in [-0.2, 0) is 0 Å². The van der Waals surface area contributed by atoms with Crippen LogP contribution in [0.1, 0.15) is 11.7 Å². The molecule has 1 heterocycles. The highest BCUT2D eigenvalue weighted by Crippen LogP contribution is 2.14. The number of thiocarbonyl (C=S) groups is 1. The summed E-state index contributed by atoms with van der Waals surface area (Å²) in [7, 11) is 0. The Morgan fingerprint density at radius 1 is 1.07 bits per heavy atom. The largest absolute Gasteiger partial charge is 0.295 e. The molecule has 0 aromatic heterocycles. The van der Waals surface area contributed by atoms with Crippen molar-refractivity contribution in [1.29, 1.82) is 0 Å². The summed E-state index contributed by atoms with van der Waals surface area (Å²) in [6.07, 6.45) is 0.00907. The summed E-state index contributed by atoms with van der Waals surface area (Å²) in [5.41, 5.74) is 12.9. The van der Waals surface area contributed by atoms with Crippen LogP contribution in [-0.4, -0.2) is 5.11 Å². The summed E-state index contributed by atoms with van der Waals surface area (Å²) in [6.45, 7) is 0. The molecule has 1 aliphatic rings. The fourth-order valence-corrected chi connectivity index (χ4v) is 1.55. The van der Waals surface area contributed by atoms with Crippen molar-refractivity contribution in [2.45, 2.75) is 6.17 Å². The van der Waals surface area contributed by atoms with Crippen LogP contribution < -0.4 is 21.7 Å². The molecule has 1 fully saturated rings. The first-order chi connectivity index (χ1) is 6.75. The van der Waals surface area contributed by atoms with Crippen LogP contribution in [0, 0.1) is 0 Å². The van der Waals surface area contributed by atoms with Crippen molar-refractivity contribution in [3.63, 3.8) is 0 Å². The fourth-order valence-electron chi connectivity index (χ4n) is 1.16. The predicted octanol–water partition coefficient (Wildman–Crippen LogP) is 0.935. The zero-order valence-corrected chi connectivity index (χ0v) is 9.58. The van der Waals surface area contributed by atoms with Gasteiger partial charge in [0.25, 0.3) is 0 Å². The number of rotatable bonds is 1. The van der Waals surface area contributed by atoms with E-state index < -0.39 is 0 Å². The van der Waals surface area contributed by atoms with Crippen molar-refractivity contribution in [1.82, 2.24) is 21.7 Å².